The maximum absolute atomic E-state index is 4.47. The summed E-state index contributed by atoms with van der Waals surface area (Å²) in [5.41, 5.74) is 4.53. The zero-order chi connectivity index (χ0) is 9.59. The third-order valence-electron chi connectivity index (χ3n) is 2.29. The van der Waals surface area contributed by atoms with Crippen molar-refractivity contribution in [3.8, 4) is 0 Å². The number of hydrogen-bond donors (Lipinski definition) is 0. The van der Waals surface area contributed by atoms with E-state index in [9.17, 15) is 0 Å². The summed E-state index contributed by atoms with van der Waals surface area (Å²) in [6, 6.07) is 2.08. The van der Waals surface area contributed by atoms with Gasteiger partial charge in [-0.15, -0.1) is 0 Å². The second-order valence-electron chi connectivity index (χ2n) is 3.34. The van der Waals surface area contributed by atoms with Crippen LogP contribution in [0.15, 0.2) is 16.7 Å². The van der Waals surface area contributed by atoms with Crippen molar-refractivity contribution in [2.75, 3.05) is 0 Å². The predicted octanol–water partition coefficient (Wildman–Crippen LogP) is 3.02. The number of nitrogens with zero attached hydrogens (tertiary/aromatic N) is 2. The molecule has 0 spiro atoms. The predicted molar refractivity (Wildman–Crippen MR) is 57.1 cm³/mol. The Morgan fingerprint density at radius 2 is 2.00 bits per heavy atom. The lowest BCUT2D eigenvalue weighted by Crippen LogP contribution is -1.89. The van der Waals surface area contributed by atoms with E-state index in [1.54, 1.807) is 0 Å². The van der Waals surface area contributed by atoms with Crippen LogP contribution < -0.4 is 0 Å². The molecule has 3 heteroatoms. The highest BCUT2D eigenvalue weighted by atomic mass is 79.9. The molecule has 0 saturated heterocycles. The van der Waals surface area contributed by atoms with Crippen molar-refractivity contribution in [3.63, 3.8) is 0 Å². The lowest BCUT2D eigenvalue weighted by molar-refractivity contribution is 1.07. The van der Waals surface area contributed by atoms with Crippen LogP contribution in [-0.4, -0.2) is 9.38 Å². The number of aryl methyl sites for hydroxylation is 3. The minimum absolute atomic E-state index is 1.00. The number of pyridine rings is 1. The van der Waals surface area contributed by atoms with Gasteiger partial charge in [-0.3, -0.25) is 0 Å². The Hall–Kier alpha value is -0.830. The van der Waals surface area contributed by atoms with Crippen LogP contribution in [0, 0.1) is 20.8 Å². The van der Waals surface area contributed by atoms with Gasteiger partial charge in [0.2, 0.25) is 0 Å². The van der Waals surface area contributed by atoms with E-state index >= 15 is 0 Å². The van der Waals surface area contributed by atoms with Crippen molar-refractivity contribution in [2.45, 2.75) is 20.8 Å². The number of aromatic nitrogens is 2. The Kier molecular flexibility index (Phi) is 1.91. The first-order valence-corrected chi connectivity index (χ1v) is 5.00. The van der Waals surface area contributed by atoms with Crippen molar-refractivity contribution in [1.29, 1.82) is 0 Å². The maximum atomic E-state index is 4.47. The average molecular weight is 239 g/mol. The highest BCUT2D eigenvalue weighted by Crippen LogP contribution is 2.21. The molecule has 0 fully saturated rings. The Morgan fingerprint density at radius 1 is 1.31 bits per heavy atom. The van der Waals surface area contributed by atoms with Gasteiger partial charge in [-0.1, -0.05) is 0 Å². The first kappa shape index (κ1) is 8.75. The number of hydrogen-bond acceptors (Lipinski definition) is 1. The Labute approximate surface area is 85.7 Å². The molecule has 0 aromatic carbocycles. The topological polar surface area (TPSA) is 17.3 Å². The van der Waals surface area contributed by atoms with Crippen LogP contribution >= 0.6 is 15.9 Å². The molecule has 0 aliphatic rings. The molecule has 13 heavy (non-hydrogen) atoms. The van der Waals surface area contributed by atoms with Gasteiger partial charge in [-0.25, -0.2) is 4.98 Å². The van der Waals surface area contributed by atoms with E-state index in [1.807, 2.05) is 6.92 Å². The first-order valence-electron chi connectivity index (χ1n) is 4.21. The van der Waals surface area contributed by atoms with Gasteiger partial charge in [0.25, 0.3) is 0 Å². The summed E-state index contributed by atoms with van der Waals surface area (Å²) in [7, 11) is 0. The molecular formula is C10H11BrN2. The van der Waals surface area contributed by atoms with Crippen LogP contribution in [0.5, 0.6) is 0 Å². The molecule has 2 rings (SSSR count). The normalized spacial score (nSPS) is 11.1. The molecule has 0 aliphatic carbocycles. The fourth-order valence-corrected chi connectivity index (χ4v) is 2.10. The number of rotatable bonds is 0. The SMILES string of the molecule is Cc1cc(Br)c2nc(C)c(C)n2c1. The molecule has 68 valence electrons. The van der Waals surface area contributed by atoms with Gasteiger partial charge >= 0.3 is 0 Å². The van der Waals surface area contributed by atoms with Crippen molar-refractivity contribution < 1.29 is 0 Å². The highest BCUT2D eigenvalue weighted by molar-refractivity contribution is 9.10. The molecule has 0 amide bonds. The van der Waals surface area contributed by atoms with Gasteiger partial charge in [0, 0.05) is 11.9 Å². The second-order valence-corrected chi connectivity index (χ2v) is 4.20. The van der Waals surface area contributed by atoms with Crippen LogP contribution in [0.4, 0.5) is 0 Å². The van der Waals surface area contributed by atoms with Crippen LogP contribution in [0.1, 0.15) is 17.0 Å². The smallest absolute Gasteiger partial charge is 0.151 e. The van der Waals surface area contributed by atoms with Crippen LogP contribution in [0.25, 0.3) is 5.65 Å². The van der Waals surface area contributed by atoms with Gasteiger partial charge in [-0.05, 0) is 48.3 Å². The van der Waals surface area contributed by atoms with Gasteiger partial charge in [0.1, 0.15) is 0 Å². The fourth-order valence-electron chi connectivity index (χ4n) is 1.46. The molecule has 0 saturated carbocycles. The van der Waals surface area contributed by atoms with E-state index in [1.165, 1.54) is 11.3 Å². The van der Waals surface area contributed by atoms with E-state index < -0.39 is 0 Å². The summed E-state index contributed by atoms with van der Waals surface area (Å²) in [5, 5.41) is 0. The maximum Gasteiger partial charge on any atom is 0.151 e. The van der Waals surface area contributed by atoms with Gasteiger partial charge < -0.3 is 4.40 Å². The van der Waals surface area contributed by atoms with Crippen molar-refractivity contribution in [1.82, 2.24) is 9.38 Å². The third kappa shape index (κ3) is 1.27. The average Bonchev–Trinajstić information content (AvgIpc) is 2.32. The molecule has 0 radical (unpaired) electrons. The van der Waals surface area contributed by atoms with Crippen molar-refractivity contribution in [3.05, 3.63) is 33.7 Å². The summed E-state index contributed by atoms with van der Waals surface area (Å²) in [6.07, 6.45) is 2.11. The Morgan fingerprint density at radius 3 is 2.69 bits per heavy atom. The van der Waals surface area contributed by atoms with Gasteiger partial charge in [-0.2, -0.15) is 0 Å². The monoisotopic (exact) mass is 238 g/mol. The van der Waals surface area contributed by atoms with Gasteiger partial charge in [0.15, 0.2) is 5.65 Å². The van der Waals surface area contributed by atoms with Crippen molar-refractivity contribution in [2.24, 2.45) is 0 Å². The van der Waals surface area contributed by atoms with Crippen molar-refractivity contribution >= 4 is 21.6 Å². The molecule has 2 aromatic heterocycles. The summed E-state index contributed by atoms with van der Waals surface area (Å²) in [5.74, 6) is 0. The lowest BCUT2D eigenvalue weighted by Gasteiger charge is -2.00. The van der Waals surface area contributed by atoms with E-state index in [4.69, 9.17) is 0 Å². The van der Waals surface area contributed by atoms with Crippen LogP contribution in [0.3, 0.4) is 0 Å². The largest absolute Gasteiger partial charge is 0.303 e. The molecule has 0 unspecified atom stereocenters. The lowest BCUT2D eigenvalue weighted by atomic mass is 10.3. The van der Waals surface area contributed by atoms with E-state index in [0.717, 1.165) is 15.8 Å². The number of halogens is 1. The number of imidazole rings is 1. The molecule has 0 N–H and O–H groups in total. The highest BCUT2D eigenvalue weighted by Gasteiger charge is 2.07. The second kappa shape index (κ2) is 2.84. The van der Waals surface area contributed by atoms with E-state index in [-0.39, 0.29) is 0 Å². The molecule has 2 aromatic rings. The van der Waals surface area contributed by atoms with E-state index in [0.29, 0.717) is 0 Å². The quantitative estimate of drug-likeness (QED) is 0.690. The molecule has 2 nitrogen and oxygen atoms in total. The van der Waals surface area contributed by atoms with Crippen LogP contribution in [-0.2, 0) is 0 Å². The summed E-state index contributed by atoms with van der Waals surface area (Å²) < 4.78 is 3.18. The standard InChI is InChI=1S/C10H11BrN2/c1-6-4-9(11)10-12-7(2)8(3)13(10)5-6/h4-5H,1-3H3. The first-order chi connectivity index (χ1) is 6.09. The Bertz CT molecular complexity index is 471. The molecular weight excluding hydrogens is 228 g/mol. The van der Waals surface area contributed by atoms with E-state index in [2.05, 4.69) is 51.4 Å². The van der Waals surface area contributed by atoms with Crippen LogP contribution in [0.2, 0.25) is 0 Å². The summed E-state index contributed by atoms with van der Waals surface area (Å²) >= 11 is 3.51. The molecule has 0 aliphatic heterocycles. The zero-order valence-electron chi connectivity index (χ0n) is 7.93. The minimum Gasteiger partial charge on any atom is -0.303 e. The minimum atomic E-state index is 1.00. The molecule has 0 bridgehead atoms. The third-order valence-corrected chi connectivity index (χ3v) is 2.87. The summed E-state index contributed by atoms with van der Waals surface area (Å²) in [6.45, 7) is 6.20. The Balaban J connectivity index is 2.94. The molecule has 2 heterocycles. The zero-order valence-corrected chi connectivity index (χ0v) is 9.51. The molecule has 0 atom stereocenters. The fraction of sp³-hybridized carbons (Fsp3) is 0.300. The number of fused-ring (bicyclic) bond motifs is 1. The van der Waals surface area contributed by atoms with Gasteiger partial charge in [0.05, 0.1) is 10.2 Å². The summed E-state index contributed by atoms with van der Waals surface area (Å²) in [4.78, 5) is 4.47.